The average Bonchev–Trinajstić information content (AvgIpc) is 2.89. The van der Waals surface area contributed by atoms with Crippen LogP contribution in [0.25, 0.3) is 0 Å². The van der Waals surface area contributed by atoms with Crippen LogP contribution in [0, 0.1) is 11.8 Å². The molecule has 1 aliphatic carbocycles. The van der Waals surface area contributed by atoms with E-state index >= 15 is 0 Å². The number of thioether (sulfide) groups is 1. The van der Waals surface area contributed by atoms with E-state index in [-0.39, 0.29) is 0 Å². The number of unbranched alkanes of at least 4 members (excludes halogenated alkanes) is 7. The van der Waals surface area contributed by atoms with Gasteiger partial charge in [0.25, 0.3) is 5.34 Å². The normalized spacial score (nSPS) is 18.2. The van der Waals surface area contributed by atoms with Crippen molar-refractivity contribution in [2.45, 2.75) is 128 Å². The Morgan fingerprint density at radius 2 is 1.64 bits per heavy atom. The van der Waals surface area contributed by atoms with Crippen LogP contribution >= 0.6 is 20.2 Å². The van der Waals surface area contributed by atoms with Gasteiger partial charge in [-0.1, -0.05) is 97.3 Å². The van der Waals surface area contributed by atoms with Crippen molar-refractivity contribution in [3.05, 3.63) is 0 Å². The summed E-state index contributed by atoms with van der Waals surface area (Å²) in [5.41, 5.74) is 0. The van der Waals surface area contributed by atoms with Crippen LogP contribution in [0.3, 0.4) is 0 Å². The molecule has 0 amide bonds. The molecule has 212 valence electrons. The molecule has 1 aliphatic rings. The van der Waals surface area contributed by atoms with Gasteiger partial charge in [-0.05, 0) is 42.6 Å². The first-order chi connectivity index (χ1) is 17.5. The maximum Gasteiger partial charge on any atom is 0.350 e. The first-order valence-electron chi connectivity index (χ1n) is 14.6. The molecule has 1 fully saturated rings. The van der Waals surface area contributed by atoms with Crippen LogP contribution in [0.4, 0.5) is 0 Å². The summed E-state index contributed by atoms with van der Waals surface area (Å²) in [5, 5.41) is 16.3. The molecule has 6 nitrogen and oxygen atoms in total. The zero-order valence-electron chi connectivity index (χ0n) is 23.0. The molecule has 0 aromatic rings. The smallest absolute Gasteiger partial charge is 0.350 e. The van der Waals surface area contributed by atoms with Gasteiger partial charge in [-0.3, -0.25) is 4.57 Å². The molecule has 0 aliphatic heterocycles. The van der Waals surface area contributed by atoms with Crippen LogP contribution in [0.2, 0.25) is 0 Å². The minimum atomic E-state index is -2.35. The largest absolute Gasteiger partial charge is 0.478 e. The third kappa shape index (κ3) is 14.7. The molecule has 0 aromatic heterocycles. The minimum absolute atomic E-state index is 0.341. The van der Waals surface area contributed by atoms with E-state index in [1.54, 1.807) is 0 Å². The molecular formula is C28H53O6PS. The molecule has 0 aromatic carbocycles. The van der Waals surface area contributed by atoms with Crippen molar-refractivity contribution in [2.24, 2.45) is 11.8 Å². The van der Waals surface area contributed by atoms with Crippen molar-refractivity contribution >= 4 is 26.2 Å². The highest BCUT2D eigenvalue weighted by Gasteiger charge is 2.37. The maximum atomic E-state index is 11.0. The molecule has 0 heterocycles. The first kappa shape index (κ1) is 33.8. The van der Waals surface area contributed by atoms with Crippen LogP contribution in [0.5, 0.6) is 0 Å². The van der Waals surface area contributed by atoms with E-state index in [4.69, 9.17) is 14.6 Å². The standard InChI is InChI=1S/C28H53O6PS/c1-3-5-6-7-8-9-10-14-20-34-26(16-4-2)25(24-17-12-11-13-18-24)22-36-21-15-19-33-23-28(31,35-32)27(29)30/h24-26,31H,3-23H2,1-2H3,(H,29,30). The number of hydrogen-bond acceptors (Lipinski definition) is 6. The van der Waals surface area contributed by atoms with Crippen LogP contribution < -0.4 is 0 Å². The van der Waals surface area contributed by atoms with Crippen LogP contribution in [-0.2, 0) is 18.8 Å². The van der Waals surface area contributed by atoms with Crippen LogP contribution in [0.1, 0.15) is 117 Å². The van der Waals surface area contributed by atoms with E-state index in [9.17, 15) is 14.5 Å². The lowest BCUT2D eigenvalue weighted by Crippen LogP contribution is -2.37. The molecule has 2 N–H and O–H groups in total. The van der Waals surface area contributed by atoms with Gasteiger partial charge in [-0.25, -0.2) is 4.79 Å². The Bertz CT molecular complexity index is 560. The second kappa shape index (κ2) is 21.7. The Morgan fingerprint density at radius 1 is 0.972 bits per heavy atom. The van der Waals surface area contributed by atoms with E-state index in [1.807, 2.05) is 11.8 Å². The molecule has 0 bridgehead atoms. The van der Waals surface area contributed by atoms with Gasteiger partial charge in [-0.15, -0.1) is 0 Å². The molecule has 3 unspecified atom stereocenters. The molecule has 0 radical (unpaired) electrons. The number of carboxylic acid groups (broad SMARTS) is 1. The van der Waals surface area contributed by atoms with E-state index in [1.165, 1.54) is 83.5 Å². The average molecular weight is 549 g/mol. The lowest BCUT2D eigenvalue weighted by molar-refractivity contribution is -0.154. The second-order valence-electron chi connectivity index (χ2n) is 10.4. The van der Waals surface area contributed by atoms with Gasteiger partial charge in [0.15, 0.2) is 0 Å². The Labute approximate surface area is 226 Å². The van der Waals surface area contributed by atoms with Crippen LogP contribution in [-0.4, -0.2) is 59.0 Å². The molecule has 0 spiro atoms. The third-order valence-corrected chi connectivity index (χ3v) is 9.14. The van der Waals surface area contributed by atoms with Gasteiger partial charge in [0.1, 0.15) is 0 Å². The number of ether oxygens (including phenoxy) is 2. The van der Waals surface area contributed by atoms with Gasteiger partial charge in [0.05, 0.1) is 12.7 Å². The molecule has 1 rings (SSSR count). The molecule has 0 saturated heterocycles. The van der Waals surface area contributed by atoms with E-state index in [0.29, 0.717) is 18.6 Å². The van der Waals surface area contributed by atoms with Gasteiger partial charge < -0.3 is 19.7 Å². The number of rotatable bonds is 24. The van der Waals surface area contributed by atoms with Crippen molar-refractivity contribution in [2.75, 3.05) is 31.3 Å². The Kier molecular flexibility index (Phi) is 20.4. The zero-order valence-corrected chi connectivity index (χ0v) is 24.7. The van der Waals surface area contributed by atoms with Gasteiger partial charge in [-0.2, -0.15) is 11.8 Å². The first-order valence-corrected chi connectivity index (χ1v) is 16.5. The minimum Gasteiger partial charge on any atom is -0.478 e. The molecule has 1 saturated carbocycles. The van der Waals surface area contributed by atoms with Gasteiger partial charge in [0, 0.05) is 13.2 Å². The predicted molar refractivity (Wildman–Crippen MR) is 150 cm³/mol. The number of hydrogen-bond donors (Lipinski definition) is 2. The highest BCUT2D eigenvalue weighted by Crippen LogP contribution is 2.36. The predicted octanol–water partition coefficient (Wildman–Crippen LogP) is 7.71. The molecule has 36 heavy (non-hydrogen) atoms. The molecule has 8 heteroatoms. The monoisotopic (exact) mass is 548 g/mol. The summed E-state index contributed by atoms with van der Waals surface area (Å²) in [6.07, 6.45) is 20.6. The summed E-state index contributed by atoms with van der Waals surface area (Å²) in [4.78, 5) is 11.0. The fourth-order valence-electron chi connectivity index (χ4n) is 5.11. The summed E-state index contributed by atoms with van der Waals surface area (Å²) in [6, 6.07) is 0. The second-order valence-corrected chi connectivity index (χ2v) is 12.5. The number of aliphatic hydroxyl groups is 1. The molecular weight excluding hydrogens is 495 g/mol. The van der Waals surface area contributed by atoms with Crippen molar-refractivity contribution < 1.29 is 29.0 Å². The SMILES string of the molecule is CCCCCCCCCCOC(CCC)C(CSCCCOCC(O)(P=O)C(=O)O)C1CCCCC1. The Morgan fingerprint density at radius 3 is 2.25 bits per heavy atom. The van der Waals surface area contributed by atoms with Gasteiger partial charge >= 0.3 is 5.97 Å². The lowest BCUT2D eigenvalue weighted by Gasteiger charge is -2.36. The third-order valence-electron chi connectivity index (χ3n) is 7.32. The van der Waals surface area contributed by atoms with Crippen molar-refractivity contribution in [3.63, 3.8) is 0 Å². The number of carboxylic acids is 1. The van der Waals surface area contributed by atoms with Crippen molar-refractivity contribution in [1.82, 2.24) is 0 Å². The Balaban J connectivity index is 2.41. The van der Waals surface area contributed by atoms with E-state index in [2.05, 4.69) is 13.8 Å². The summed E-state index contributed by atoms with van der Waals surface area (Å²) in [5.74, 6) is 1.81. The van der Waals surface area contributed by atoms with E-state index < -0.39 is 26.4 Å². The lowest BCUT2D eigenvalue weighted by atomic mass is 9.77. The van der Waals surface area contributed by atoms with Crippen LogP contribution in [0.15, 0.2) is 0 Å². The highest BCUT2D eigenvalue weighted by molar-refractivity contribution is 7.99. The van der Waals surface area contributed by atoms with Gasteiger partial charge in [0.2, 0.25) is 8.46 Å². The summed E-state index contributed by atoms with van der Waals surface area (Å²) in [6.45, 7) is 5.29. The maximum absolute atomic E-state index is 11.0. The summed E-state index contributed by atoms with van der Waals surface area (Å²) >= 11 is 1.93. The van der Waals surface area contributed by atoms with Crippen molar-refractivity contribution in [1.29, 1.82) is 0 Å². The quantitative estimate of drug-likeness (QED) is 0.0942. The number of carbonyl (C=O) groups is 1. The van der Waals surface area contributed by atoms with E-state index in [0.717, 1.165) is 43.3 Å². The fourth-order valence-corrected chi connectivity index (χ4v) is 6.58. The summed E-state index contributed by atoms with van der Waals surface area (Å²) in [7, 11) is -0.849. The zero-order chi connectivity index (χ0) is 26.5. The molecule has 3 atom stereocenters. The van der Waals surface area contributed by atoms with Crippen molar-refractivity contribution in [3.8, 4) is 0 Å². The topological polar surface area (TPSA) is 93.1 Å². The highest BCUT2D eigenvalue weighted by atomic mass is 32.2. The number of aliphatic carboxylic acids is 1. The summed E-state index contributed by atoms with van der Waals surface area (Å²) < 4.78 is 22.8. The fraction of sp³-hybridized carbons (Fsp3) is 0.964. The Hall–Kier alpha value is -0.200.